The Morgan fingerprint density at radius 2 is 0.661 bits per heavy atom. The molecule has 8 aromatic carbocycles. The van der Waals surface area contributed by atoms with Crippen LogP contribution in [0, 0.1) is 0 Å². The fraction of sp³-hybridized carbons (Fsp3) is 0.120. The molecule has 0 aromatic heterocycles. The van der Waals surface area contributed by atoms with Crippen LogP contribution in [0.2, 0.25) is 0 Å². The summed E-state index contributed by atoms with van der Waals surface area (Å²) in [6, 6.07) is 47.6. The van der Waals surface area contributed by atoms with E-state index in [0.29, 0.717) is 16.7 Å². The molecular weight excluding hydrogens is 715 g/mol. The van der Waals surface area contributed by atoms with Gasteiger partial charge in [0, 0.05) is 5.41 Å². The van der Waals surface area contributed by atoms with E-state index in [-0.39, 0.29) is 16.7 Å². The number of alkyl halides is 6. The lowest BCUT2D eigenvalue weighted by Crippen LogP contribution is -2.53. The summed E-state index contributed by atoms with van der Waals surface area (Å²) in [5.74, 6) is 0. The van der Waals surface area contributed by atoms with E-state index in [9.17, 15) is 0 Å². The Morgan fingerprint density at radius 1 is 0.321 bits per heavy atom. The summed E-state index contributed by atoms with van der Waals surface area (Å²) in [6.07, 6.45) is -11.4. The van der Waals surface area contributed by atoms with Crippen molar-refractivity contribution < 1.29 is 26.3 Å². The maximum Gasteiger partial charge on any atom is 0.411 e. The van der Waals surface area contributed by atoms with Crippen molar-refractivity contribution in [1.82, 2.24) is 0 Å². The van der Waals surface area contributed by atoms with Crippen molar-refractivity contribution >= 4 is 21.5 Å². The summed E-state index contributed by atoms with van der Waals surface area (Å²) in [7, 11) is 0. The molecule has 0 heterocycles. The Hall–Kier alpha value is -6.14. The van der Waals surface area contributed by atoms with E-state index < -0.39 is 34.3 Å². The lowest BCUT2D eigenvalue weighted by atomic mass is 9.75. The minimum Gasteiger partial charge on any atom is -0.169 e. The van der Waals surface area contributed by atoms with Gasteiger partial charge in [0.05, 0.1) is 0 Å². The standard InChI is InChI=1S/C50H32F6/c1-47(2)43-10-6-5-9-39(43)40-20-17-36(26-44(40)47)38-19-22-42-41-21-18-37(27-45(41)48(46(42)28-38,49(51,52)53)50(54,55)56)35-16-15-33-24-32(13-14-34(33)25-35)31-12-11-29-7-3-4-8-30(29)23-31/h3-28H,1-2H3. The lowest BCUT2D eigenvalue weighted by molar-refractivity contribution is -0.287. The van der Waals surface area contributed by atoms with Crippen LogP contribution in [0.25, 0.3) is 77.2 Å². The summed E-state index contributed by atoms with van der Waals surface area (Å²) in [4.78, 5) is 0. The molecule has 2 aliphatic rings. The average Bonchev–Trinajstić information content (AvgIpc) is 3.62. The maximum atomic E-state index is 15.5. The number of fused-ring (bicyclic) bond motifs is 8. The Balaban J connectivity index is 1.07. The van der Waals surface area contributed by atoms with E-state index in [0.717, 1.165) is 67.1 Å². The molecule has 0 radical (unpaired) electrons. The van der Waals surface area contributed by atoms with Crippen molar-refractivity contribution in [3.63, 3.8) is 0 Å². The van der Waals surface area contributed by atoms with Gasteiger partial charge >= 0.3 is 12.4 Å². The molecule has 6 heteroatoms. The van der Waals surface area contributed by atoms with Crippen LogP contribution in [-0.4, -0.2) is 12.4 Å². The molecule has 0 aliphatic heterocycles. The van der Waals surface area contributed by atoms with Gasteiger partial charge in [-0.25, -0.2) is 0 Å². The molecule has 0 atom stereocenters. The van der Waals surface area contributed by atoms with Gasteiger partial charge in [-0.3, -0.25) is 0 Å². The third-order valence-corrected chi connectivity index (χ3v) is 12.2. The zero-order valence-electron chi connectivity index (χ0n) is 30.3. The quantitative estimate of drug-likeness (QED) is 0.158. The molecule has 10 rings (SSSR count). The second-order valence-corrected chi connectivity index (χ2v) is 15.5. The number of benzene rings is 8. The Morgan fingerprint density at radius 3 is 1.16 bits per heavy atom. The molecule has 0 nitrogen and oxygen atoms in total. The first-order valence-corrected chi connectivity index (χ1v) is 18.5. The highest BCUT2D eigenvalue weighted by molar-refractivity contribution is 5.94. The lowest BCUT2D eigenvalue weighted by Gasteiger charge is -2.36. The van der Waals surface area contributed by atoms with Crippen molar-refractivity contribution in [3.05, 3.63) is 180 Å². The first kappa shape index (κ1) is 34.4. The molecule has 56 heavy (non-hydrogen) atoms. The number of hydrogen-bond acceptors (Lipinski definition) is 0. The third kappa shape index (κ3) is 4.81. The van der Waals surface area contributed by atoms with Gasteiger partial charge in [-0.1, -0.05) is 135 Å². The molecule has 2 aliphatic carbocycles. The van der Waals surface area contributed by atoms with Gasteiger partial charge in [0.1, 0.15) is 0 Å². The molecule has 0 saturated carbocycles. The maximum absolute atomic E-state index is 15.5. The van der Waals surface area contributed by atoms with Gasteiger partial charge in [-0.2, -0.15) is 26.3 Å². The van der Waals surface area contributed by atoms with Gasteiger partial charge in [0.25, 0.3) is 0 Å². The predicted molar refractivity (Wildman–Crippen MR) is 214 cm³/mol. The Kier molecular flexibility index (Phi) is 7.17. The van der Waals surface area contributed by atoms with E-state index >= 15 is 26.3 Å². The summed E-state index contributed by atoms with van der Waals surface area (Å²) in [5, 5.41) is 3.97. The third-order valence-electron chi connectivity index (χ3n) is 12.2. The number of rotatable bonds is 3. The second-order valence-electron chi connectivity index (χ2n) is 15.5. The Labute approximate surface area is 319 Å². The van der Waals surface area contributed by atoms with Crippen LogP contribution < -0.4 is 0 Å². The minimum absolute atomic E-state index is 0.0708. The van der Waals surface area contributed by atoms with Gasteiger partial charge in [0.2, 0.25) is 5.41 Å². The molecule has 274 valence electrons. The molecule has 0 amide bonds. The minimum atomic E-state index is -5.69. The fourth-order valence-electron chi connectivity index (χ4n) is 9.31. The van der Waals surface area contributed by atoms with E-state index in [1.165, 1.54) is 12.1 Å². The molecule has 0 bridgehead atoms. The fourth-order valence-corrected chi connectivity index (χ4v) is 9.31. The Bertz CT molecular complexity index is 2910. The number of hydrogen-bond donors (Lipinski definition) is 0. The highest BCUT2D eigenvalue weighted by Gasteiger charge is 2.75. The highest BCUT2D eigenvalue weighted by atomic mass is 19.4. The first-order valence-electron chi connectivity index (χ1n) is 18.5. The highest BCUT2D eigenvalue weighted by Crippen LogP contribution is 2.64. The molecule has 0 unspecified atom stereocenters. The second kappa shape index (κ2) is 11.7. The zero-order chi connectivity index (χ0) is 38.8. The summed E-state index contributed by atoms with van der Waals surface area (Å²) < 4.78 is 93.1. The van der Waals surface area contributed by atoms with E-state index in [1.54, 1.807) is 24.3 Å². The van der Waals surface area contributed by atoms with Gasteiger partial charge in [-0.15, -0.1) is 0 Å². The van der Waals surface area contributed by atoms with Gasteiger partial charge in [0.15, 0.2) is 0 Å². The van der Waals surface area contributed by atoms with E-state index in [2.05, 4.69) is 50.2 Å². The summed E-state index contributed by atoms with van der Waals surface area (Å²) in [6.45, 7) is 4.16. The largest absolute Gasteiger partial charge is 0.411 e. The van der Waals surface area contributed by atoms with Crippen LogP contribution in [0.4, 0.5) is 26.3 Å². The van der Waals surface area contributed by atoms with Gasteiger partial charge < -0.3 is 0 Å². The average molecular weight is 747 g/mol. The zero-order valence-corrected chi connectivity index (χ0v) is 30.3. The molecule has 8 aromatic rings. The van der Waals surface area contributed by atoms with Crippen LogP contribution in [0.15, 0.2) is 158 Å². The molecule has 0 N–H and O–H groups in total. The number of halogens is 6. The topological polar surface area (TPSA) is 0 Å². The SMILES string of the molecule is CC1(C)c2ccccc2-c2ccc(-c3ccc4c(c3)C(C(F)(F)F)(C(F)(F)F)c3cc(-c5ccc6cc(-c7ccc8ccccc8c7)ccc6c5)ccc3-4)cc21. The smallest absolute Gasteiger partial charge is 0.169 e. The monoisotopic (exact) mass is 746 g/mol. The van der Waals surface area contributed by atoms with Gasteiger partial charge in [-0.05, 0) is 136 Å². The van der Waals surface area contributed by atoms with Crippen LogP contribution in [0.1, 0.15) is 36.1 Å². The normalized spacial score (nSPS) is 15.1. The van der Waals surface area contributed by atoms with Crippen molar-refractivity contribution in [2.45, 2.75) is 37.0 Å². The molecule has 0 fully saturated rings. The van der Waals surface area contributed by atoms with Crippen molar-refractivity contribution in [2.75, 3.05) is 0 Å². The van der Waals surface area contributed by atoms with Crippen LogP contribution in [0.5, 0.6) is 0 Å². The van der Waals surface area contributed by atoms with E-state index in [1.807, 2.05) is 72.8 Å². The van der Waals surface area contributed by atoms with Crippen LogP contribution in [0.3, 0.4) is 0 Å². The van der Waals surface area contributed by atoms with Crippen molar-refractivity contribution in [3.8, 4) is 55.6 Å². The molecule has 0 saturated heterocycles. The molecule has 0 spiro atoms. The van der Waals surface area contributed by atoms with Crippen molar-refractivity contribution in [1.29, 1.82) is 0 Å². The molecular formula is C50H32F6. The van der Waals surface area contributed by atoms with Crippen LogP contribution >= 0.6 is 0 Å². The van der Waals surface area contributed by atoms with Crippen molar-refractivity contribution in [2.24, 2.45) is 0 Å². The summed E-state index contributed by atoms with van der Waals surface area (Å²) in [5.41, 5.74) is 1.50. The van der Waals surface area contributed by atoms with Crippen LogP contribution in [-0.2, 0) is 10.8 Å². The predicted octanol–water partition coefficient (Wildman–Crippen LogP) is 14.7. The van der Waals surface area contributed by atoms with E-state index in [4.69, 9.17) is 0 Å². The summed E-state index contributed by atoms with van der Waals surface area (Å²) >= 11 is 0. The first-order chi connectivity index (χ1) is 26.8.